The average Bonchev–Trinajstić information content (AvgIpc) is 3.28. The van der Waals surface area contributed by atoms with Crippen LogP contribution in [0.15, 0.2) is 113 Å². The zero-order valence-corrected chi connectivity index (χ0v) is 23.7. The Balaban J connectivity index is 1.41. The number of carbonyl (C=O) groups is 2. The van der Waals surface area contributed by atoms with Crippen LogP contribution in [0.4, 0.5) is 17.1 Å². The second kappa shape index (κ2) is 13.2. The molecule has 0 aromatic heterocycles. The minimum Gasteiger partial charge on any atom is -0.490 e. The number of para-hydroxylation sites is 3. The Labute approximate surface area is 247 Å². The largest absolute Gasteiger partial charge is 0.490 e. The second-order valence-corrected chi connectivity index (χ2v) is 10.2. The summed E-state index contributed by atoms with van der Waals surface area (Å²) in [5.74, 6) is 0.0809. The predicted molar refractivity (Wildman–Crippen MR) is 166 cm³/mol. The summed E-state index contributed by atoms with van der Waals surface area (Å²) in [6.07, 6.45) is 1.75. The summed E-state index contributed by atoms with van der Waals surface area (Å²) < 4.78 is 11.6. The van der Waals surface area contributed by atoms with Crippen molar-refractivity contribution in [3.05, 3.63) is 119 Å². The molecule has 0 unspecified atom stereocenters. The van der Waals surface area contributed by atoms with Crippen LogP contribution in [0.1, 0.15) is 12.5 Å². The summed E-state index contributed by atoms with van der Waals surface area (Å²) in [5.41, 5.74) is 2.76. The first-order chi connectivity index (χ1) is 20.0. The van der Waals surface area contributed by atoms with E-state index in [1.54, 1.807) is 35.2 Å². The summed E-state index contributed by atoms with van der Waals surface area (Å²) in [7, 11) is 0. The Hall–Kier alpha value is -4.53. The maximum absolute atomic E-state index is 13.6. The van der Waals surface area contributed by atoms with Crippen LogP contribution in [0.25, 0.3) is 6.08 Å². The molecule has 1 aliphatic rings. The van der Waals surface area contributed by atoms with Crippen LogP contribution in [0.5, 0.6) is 11.5 Å². The lowest BCUT2D eigenvalue weighted by Crippen LogP contribution is -2.28. The number of benzene rings is 4. The van der Waals surface area contributed by atoms with Crippen LogP contribution in [0, 0.1) is 0 Å². The molecule has 5 rings (SSSR count). The smallest absolute Gasteiger partial charge is 0.271 e. The van der Waals surface area contributed by atoms with Crippen molar-refractivity contribution in [2.45, 2.75) is 6.92 Å². The zero-order valence-electron chi connectivity index (χ0n) is 22.1. The minimum atomic E-state index is -0.333. The maximum Gasteiger partial charge on any atom is 0.271 e. The Morgan fingerprint density at radius 2 is 1.61 bits per heavy atom. The number of aliphatic imine (C=N–C) groups is 1. The van der Waals surface area contributed by atoms with E-state index < -0.39 is 0 Å². The molecule has 9 heteroatoms. The van der Waals surface area contributed by atoms with Crippen LogP contribution in [-0.2, 0) is 9.59 Å². The number of carbonyl (C=O) groups excluding carboxylic acids is 2. The molecule has 1 aliphatic heterocycles. The summed E-state index contributed by atoms with van der Waals surface area (Å²) in [4.78, 5) is 32.9. The van der Waals surface area contributed by atoms with Gasteiger partial charge in [0.1, 0.15) is 0 Å². The Kier molecular flexibility index (Phi) is 9.03. The monoisotopic (exact) mass is 583 g/mol. The van der Waals surface area contributed by atoms with Crippen molar-refractivity contribution in [1.29, 1.82) is 0 Å². The summed E-state index contributed by atoms with van der Waals surface area (Å²) in [5, 5.41) is 3.57. The molecule has 1 N–H and O–H groups in total. The first kappa shape index (κ1) is 28.0. The van der Waals surface area contributed by atoms with Gasteiger partial charge in [0.25, 0.3) is 11.8 Å². The number of amides is 2. The first-order valence-corrected chi connectivity index (χ1v) is 14.1. The Bertz CT molecular complexity index is 1600. The van der Waals surface area contributed by atoms with Gasteiger partial charge in [-0.1, -0.05) is 66.2 Å². The van der Waals surface area contributed by atoms with Gasteiger partial charge < -0.3 is 14.8 Å². The fourth-order valence-electron chi connectivity index (χ4n) is 4.05. The standard InChI is InChI=1S/C32H26ClN3O4S/c1-2-39-27-19-22(18-26(33)30(27)40-21-29(37)34-23-12-6-3-7-13-23)20-28-31(38)36(25-16-10-5-11-17-25)32(41-28)35-24-14-8-4-9-15-24/h3-20H,2,21H2,1H3,(H,34,37)/b28-20-,35-32?. The molecule has 0 atom stereocenters. The van der Waals surface area contributed by atoms with E-state index in [2.05, 4.69) is 5.32 Å². The highest BCUT2D eigenvalue weighted by atomic mass is 35.5. The molecule has 0 bridgehead atoms. The van der Waals surface area contributed by atoms with Crippen molar-refractivity contribution in [2.24, 2.45) is 4.99 Å². The number of nitrogens with zero attached hydrogens (tertiary/aromatic N) is 2. The Morgan fingerprint density at radius 3 is 2.29 bits per heavy atom. The molecule has 206 valence electrons. The molecule has 2 amide bonds. The molecule has 1 fully saturated rings. The molecular weight excluding hydrogens is 558 g/mol. The summed E-state index contributed by atoms with van der Waals surface area (Å²) in [6.45, 7) is 1.94. The quantitative estimate of drug-likeness (QED) is 0.206. The molecule has 0 spiro atoms. The molecule has 0 saturated carbocycles. The number of anilines is 2. The fourth-order valence-corrected chi connectivity index (χ4v) is 5.32. The van der Waals surface area contributed by atoms with Gasteiger partial charge in [-0.05, 0) is 78.9 Å². The van der Waals surface area contributed by atoms with Gasteiger partial charge in [0.15, 0.2) is 23.3 Å². The van der Waals surface area contributed by atoms with Crippen molar-refractivity contribution < 1.29 is 19.1 Å². The normalized spacial score (nSPS) is 14.9. The van der Waals surface area contributed by atoms with Crippen molar-refractivity contribution in [3.63, 3.8) is 0 Å². The molecule has 1 heterocycles. The van der Waals surface area contributed by atoms with Gasteiger partial charge >= 0.3 is 0 Å². The van der Waals surface area contributed by atoms with Gasteiger partial charge in [-0.2, -0.15) is 0 Å². The number of halogens is 1. The lowest BCUT2D eigenvalue weighted by molar-refractivity contribution is -0.118. The van der Waals surface area contributed by atoms with Crippen LogP contribution in [0.2, 0.25) is 5.02 Å². The number of hydrogen-bond donors (Lipinski definition) is 1. The van der Waals surface area contributed by atoms with Crippen LogP contribution >= 0.6 is 23.4 Å². The molecule has 41 heavy (non-hydrogen) atoms. The Morgan fingerprint density at radius 1 is 0.951 bits per heavy atom. The maximum atomic E-state index is 13.6. The predicted octanol–water partition coefficient (Wildman–Crippen LogP) is 7.56. The molecule has 4 aromatic carbocycles. The van der Waals surface area contributed by atoms with Crippen molar-refractivity contribution in [1.82, 2.24) is 0 Å². The average molecular weight is 584 g/mol. The van der Waals surface area contributed by atoms with Gasteiger partial charge in [-0.15, -0.1) is 0 Å². The molecule has 7 nitrogen and oxygen atoms in total. The SMILES string of the molecule is CCOc1cc(/C=C2\SC(=Nc3ccccc3)N(c3ccccc3)C2=O)cc(Cl)c1OCC(=O)Nc1ccccc1. The van der Waals surface area contributed by atoms with Crippen molar-refractivity contribution in [3.8, 4) is 11.5 Å². The minimum absolute atomic E-state index is 0.206. The van der Waals surface area contributed by atoms with Crippen LogP contribution in [0.3, 0.4) is 0 Å². The second-order valence-electron chi connectivity index (χ2n) is 8.78. The van der Waals surface area contributed by atoms with E-state index >= 15 is 0 Å². The highest BCUT2D eigenvalue weighted by Crippen LogP contribution is 2.40. The number of rotatable bonds is 9. The van der Waals surface area contributed by atoms with Gasteiger partial charge in [-0.25, -0.2) is 4.99 Å². The summed E-state index contributed by atoms with van der Waals surface area (Å²) >= 11 is 7.88. The van der Waals surface area contributed by atoms with E-state index in [9.17, 15) is 9.59 Å². The van der Waals surface area contributed by atoms with E-state index in [4.69, 9.17) is 26.1 Å². The molecule has 0 aliphatic carbocycles. The number of hydrogen-bond acceptors (Lipinski definition) is 6. The third kappa shape index (κ3) is 6.98. The fraction of sp³-hybridized carbons (Fsp3) is 0.0938. The number of nitrogens with one attached hydrogen (secondary N) is 1. The van der Waals surface area contributed by atoms with E-state index in [-0.39, 0.29) is 29.2 Å². The highest BCUT2D eigenvalue weighted by molar-refractivity contribution is 8.19. The third-order valence-electron chi connectivity index (χ3n) is 5.84. The first-order valence-electron chi connectivity index (χ1n) is 12.9. The van der Waals surface area contributed by atoms with Crippen molar-refractivity contribution >= 4 is 63.5 Å². The van der Waals surface area contributed by atoms with E-state index in [0.29, 0.717) is 39.4 Å². The van der Waals surface area contributed by atoms with E-state index in [1.807, 2.05) is 85.8 Å². The topological polar surface area (TPSA) is 80.2 Å². The van der Waals surface area contributed by atoms with Crippen molar-refractivity contribution in [2.75, 3.05) is 23.4 Å². The number of thioether (sulfide) groups is 1. The van der Waals surface area contributed by atoms with Crippen LogP contribution < -0.4 is 19.7 Å². The number of amidine groups is 1. The van der Waals surface area contributed by atoms with Gasteiger partial charge in [0, 0.05) is 5.69 Å². The number of ether oxygens (including phenoxy) is 2. The van der Waals surface area contributed by atoms with Gasteiger partial charge in [0.05, 0.1) is 27.9 Å². The molecular formula is C32H26ClN3O4S. The lowest BCUT2D eigenvalue weighted by Gasteiger charge is -2.15. The molecule has 0 radical (unpaired) electrons. The molecule has 1 saturated heterocycles. The van der Waals surface area contributed by atoms with E-state index in [1.165, 1.54) is 11.8 Å². The lowest BCUT2D eigenvalue weighted by atomic mass is 10.1. The highest BCUT2D eigenvalue weighted by Gasteiger charge is 2.34. The third-order valence-corrected chi connectivity index (χ3v) is 7.09. The van der Waals surface area contributed by atoms with E-state index in [0.717, 1.165) is 5.69 Å². The van der Waals surface area contributed by atoms with Gasteiger partial charge in [-0.3, -0.25) is 14.5 Å². The van der Waals surface area contributed by atoms with Gasteiger partial charge in [0.2, 0.25) is 0 Å². The summed E-state index contributed by atoms with van der Waals surface area (Å²) in [6, 6.07) is 31.4. The molecule has 4 aromatic rings. The zero-order chi connectivity index (χ0) is 28.6. The van der Waals surface area contributed by atoms with Crippen LogP contribution in [-0.4, -0.2) is 30.2 Å².